The summed E-state index contributed by atoms with van der Waals surface area (Å²) in [6.07, 6.45) is 0. The van der Waals surface area contributed by atoms with Crippen LogP contribution in [0.25, 0.3) is 0 Å². The first kappa shape index (κ1) is 12.5. The highest BCUT2D eigenvalue weighted by Gasteiger charge is 2.11. The van der Waals surface area contributed by atoms with Crippen LogP contribution in [0.4, 0.5) is 5.69 Å². The van der Waals surface area contributed by atoms with Gasteiger partial charge in [-0.3, -0.25) is 14.7 Å². The van der Waals surface area contributed by atoms with Gasteiger partial charge >= 0.3 is 0 Å². The second kappa shape index (κ2) is 4.13. The largest absolute Gasteiger partial charge is 0.369 e. The van der Waals surface area contributed by atoms with E-state index in [-0.39, 0.29) is 16.7 Å². The average molecular weight is 221 g/mol. The Bertz CT molecular complexity index is 424. The van der Waals surface area contributed by atoms with E-state index >= 15 is 0 Å². The molecule has 1 aromatic rings. The van der Waals surface area contributed by atoms with Crippen LogP contribution in [0, 0.1) is 10.1 Å². The lowest BCUT2D eigenvalue weighted by atomic mass is 10.3. The maximum Gasteiger partial charge on any atom is 0.294 e. The first-order valence-corrected chi connectivity index (χ1v) is 4.57. The zero-order chi connectivity index (χ0) is 10.1. The summed E-state index contributed by atoms with van der Waals surface area (Å²) in [4.78, 5) is 9.13. The molecule has 0 heterocycles. The second-order valence-electron chi connectivity index (χ2n) is 2.23. The van der Waals surface area contributed by atoms with Crippen molar-refractivity contribution in [3.63, 3.8) is 0 Å². The van der Waals surface area contributed by atoms with E-state index in [9.17, 15) is 18.5 Å². The van der Waals surface area contributed by atoms with Crippen molar-refractivity contribution in [1.82, 2.24) is 6.15 Å². The minimum atomic E-state index is -4.27. The molecule has 0 saturated carbocycles. The Balaban J connectivity index is 0.00000169. The van der Waals surface area contributed by atoms with Crippen LogP contribution in [0.3, 0.4) is 0 Å². The van der Waals surface area contributed by atoms with Gasteiger partial charge in [0.25, 0.3) is 15.8 Å². The van der Waals surface area contributed by atoms with Crippen LogP contribution in [-0.2, 0) is 10.1 Å². The Morgan fingerprint density at radius 2 is 1.64 bits per heavy atom. The van der Waals surface area contributed by atoms with E-state index in [1.54, 1.807) is 0 Å². The number of rotatable bonds is 2. The number of nitrogens with zero attached hydrogens (tertiary/aromatic N) is 1. The van der Waals surface area contributed by atoms with Gasteiger partial charge in [-0.2, -0.15) is 8.42 Å². The van der Waals surface area contributed by atoms with E-state index in [2.05, 4.69) is 0 Å². The van der Waals surface area contributed by atoms with E-state index in [0.29, 0.717) is 0 Å². The van der Waals surface area contributed by atoms with Crippen LogP contribution >= 0.6 is 0 Å². The fourth-order valence-electron chi connectivity index (χ4n) is 0.740. The number of hydrogen-bond donors (Lipinski definition) is 2. The standard InChI is InChI=1S/C6H5NO5S.H3N/c8-7(9)5-1-3-6(4-2-5)13(10,11)12;/h1-4H,(H,10,11,12);1H3/p+1. The highest BCUT2D eigenvalue weighted by molar-refractivity contribution is 7.85. The molecule has 0 aliphatic rings. The highest BCUT2D eigenvalue weighted by atomic mass is 32.2. The summed E-state index contributed by atoms with van der Waals surface area (Å²) in [5.74, 6) is 0. The third kappa shape index (κ3) is 2.76. The van der Waals surface area contributed by atoms with Gasteiger partial charge < -0.3 is 6.15 Å². The number of non-ortho nitro benzene ring substituents is 1. The number of nitro benzene ring substituents is 1. The third-order valence-electron chi connectivity index (χ3n) is 1.35. The lowest BCUT2D eigenvalue weighted by molar-refractivity contribution is -0.384. The minimum absolute atomic E-state index is 0. The van der Waals surface area contributed by atoms with Crippen molar-refractivity contribution < 1.29 is 17.9 Å². The SMILES string of the molecule is O=[N+]([O-])c1ccc(S(=O)(=O)O)cc1.[NH4+]. The monoisotopic (exact) mass is 221 g/mol. The van der Waals surface area contributed by atoms with Crippen LogP contribution in [0.2, 0.25) is 0 Å². The number of benzene rings is 1. The van der Waals surface area contributed by atoms with Crippen molar-refractivity contribution in [2.75, 3.05) is 0 Å². The molecule has 0 amide bonds. The van der Waals surface area contributed by atoms with Gasteiger partial charge in [-0.1, -0.05) is 0 Å². The highest BCUT2D eigenvalue weighted by Crippen LogP contribution is 2.14. The summed E-state index contributed by atoms with van der Waals surface area (Å²) in [7, 11) is -4.27. The average Bonchev–Trinajstić information content (AvgIpc) is 2.03. The van der Waals surface area contributed by atoms with Crippen LogP contribution in [-0.4, -0.2) is 17.9 Å². The fraction of sp³-hybridized carbons (Fsp3) is 0. The van der Waals surface area contributed by atoms with Gasteiger partial charge in [0.1, 0.15) is 0 Å². The van der Waals surface area contributed by atoms with E-state index in [0.717, 1.165) is 24.3 Å². The molecule has 0 unspecified atom stereocenters. The summed E-state index contributed by atoms with van der Waals surface area (Å²) in [6.45, 7) is 0. The van der Waals surface area contributed by atoms with Gasteiger partial charge in [-0.05, 0) is 12.1 Å². The van der Waals surface area contributed by atoms with Crippen molar-refractivity contribution in [3.05, 3.63) is 34.4 Å². The molecule has 0 radical (unpaired) electrons. The van der Waals surface area contributed by atoms with Gasteiger partial charge in [-0.15, -0.1) is 0 Å². The first-order chi connectivity index (χ1) is 5.91. The number of quaternary nitrogens is 1. The molecule has 78 valence electrons. The van der Waals surface area contributed by atoms with Crippen molar-refractivity contribution in [2.24, 2.45) is 0 Å². The predicted octanol–water partition coefficient (Wildman–Crippen LogP) is 1.22. The van der Waals surface area contributed by atoms with Gasteiger partial charge in [0, 0.05) is 12.1 Å². The Labute approximate surface area is 79.8 Å². The van der Waals surface area contributed by atoms with Gasteiger partial charge in [-0.25, -0.2) is 0 Å². The zero-order valence-corrected chi connectivity index (χ0v) is 8.06. The summed E-state index contributed by atoms with van der Waals surface area (Å²) < 4.78 is 29.5. The molecule has 1 rings (SSSR count). The molecule has 0 fully saturated rings. The van der Waals surface area contributed by atoms with Gasteiger partial charge in [0.15, 0.2) is 0 Å². The molecule has 0 atom stereocenters. The topological polar surface area (TPSA) is 134 Å². The molecule has 7 nitrogen and oxygen atoms in total. The lowest BCUT2D eigenvalue weighted by Crippen LogP contribution is -1.97. The minimum Gasteiger partial charge on any atom is -0.369 e. The molecule has 0 aromatic heterocycles. The maximum absolute atomic E-state index is 10.5. The van der Waals surface area contributed by atoms with E-state index in [1.807, 2.05) is 0 Å². The van der Waals surface area contributed by atoms with Gasteiger partial charge in [0.05, 0.1) is 9.82 Å². The van der Waals surface area contributed by atoms with Crippen molar-refractivity contribution in [3.8, 4) is 0 Å². The molecule has 0 spiro atoms. The molecule has 0 aliphatic carbocycles. The molecule has 5 N–H and O–H groups in total. The Morgan fingerprint density at radius 1 is 1.21 bits per heavy atom. The number of hydrogen-bond acceptors (Lipinski definition) is 4. The molecular formula is C6H9N2O5S+. The third-order valence-corrected chi connectivity index (χ3v) is 2.21. The van der Waals surface area contributed by atoms with Crippen molar-refractivity contribution >= 4 is 15.8 Å². The van der Waals surface area contributed by atoms with E-state index < -0.39 is 15.0 Å². The summed E-state index contributed by atoms with van der Waals surface area (Å²) in [5, 5.41) is 10.2. The zero-order valence-electron chi connectivity index (χ0n) is 7.25. The molecule has 0 saturated heterocycles. The predicted molar refractivity (Wildman–Crippen MR) is 48.9 cm³/mol. The summed E-state index contributed by atoms with van der Waals surface area (Å²) in [6, 6.07) is 3.94. The quantitative estimate of drug-likeness (QED) is 0.439. The first-order valence-electron chi connectivity index (χ1n) is 3.13. The Morgan fingerprint density at radius 3 is 1.93 bits per heavy atom. The van der Waals surface area contributed by atoms with Crippen LogP contribution in [0.5, 0.6) is 0 Å². The van der Waals surface area contributed by atoms with Crippen LogP contribution in [0.15, 0.2) is 29.2 Å². The molecule has 0 bridgehead atoms. The van der Waals surface area contributed by atoms with Crippen LogP contribution in [0.1, 0.15) is 0 Å². The van der Waals surface area contributed by atoms with E-state index in [4.69, 9.17) is 4.55 Å². The molecule has 1 aromatic carbocycles. The molecule has 0 aliphatic heterocycles. The normalized spacial score (nSPS) is 10.4. The van der Waals surface area contributed by atoms with Crippen molar-refractivity contribution in [2.45, 2.75) is 4.90 Å². The smallest absolute Gasteiger partial charge is 0.294 e. The molecular weight excluding hydrogens is 212 g/mol. The maximum atomic E-state index is 10.5. The second-order valence-corrected chi connectivity index (χ2v) is 3.65. The van der Waals surface area contributed by atoms with Crippen LogP contribution < -0.4 is 6.15 Å². The Hall–Kier alpha value is -1.51. The fourth-order valence-corrected chi connectivity index (χ4v) is 1.22. The summed E-state index contributed by atoms with van der Waals surface area (Å²) >= 11 is 0. The lowest BCUT2D eigenvalue weighted by Gasteiger charge is -1.94. The Kier molecular flexibility index (Phi) is 3.69. The summed E-state index contributed by atoms with van der Waals surface area (Å²) in [5.41, 5.74) is -0.229. The molecule has 8 heteroatoms. The van der Waals surface area contributed by atoms with Crippen molar-refractivity contribution in [1.29, 1.82) is 0 Å². The molecule has 14 heavy (non-hydrogen) atoms. The van der Waals surface area contributed by atoms with E-state index in [1.165, 1.54) is 0 Å². The number of nitro groups is 1. The van der Waals surface area contributed by atoms with Gasteiger partial charge in [0.2, 0.25) is 0 Å².